The second kappa shape index (κ2) is 8.77. The number of hydrogen-bond donors (Lipinski definition) is 5. The molecule has 0 fully saturated rings. The van der Waals surface area contributed by atoms with E-state index in [4.69, 9.17) is 5.11 Å². The monoisotopic (exact) mass is 453 g/mol. The van der Waals surface area contributed by atoms with Gasteiger partial charge in [-0.1, -0.05) is 36.4 Å². The summed E-state index contributed by atoms with van der Waals surface area (Å²) in [6.45, 7) is 0.673. The second-order valence-electron chi connectivity index (χ2n) is 7.21. The molecule has 3 aromatic rings. The number of carbonyl (C=O) groups is 4. The van der Waals surface area contributed by atoms with Crippen molar-refractivity contribution >= 4 is 50.9 Å². The molecule has 0 spiro atoms. The molecule has 1 aliphatic rings. The fourth-order valence-electron chi connectivity index (χ4n) is 3.83. The van der Waals surface area contributed by atoms with Crippen molar-refractivity contribution in [1.82, 2.24) is 10.6 Å². The summed E-state index contributed by atoms with van der Waals surface area (Å²) in [5.74, 6) is -4.52. The van der Waals surface area contributed by atoms with E-state index >= 15 is 0 Å². The summed E-state index contributed by atoms with van der Waals surface area (Å²) in [6, 6.07) is 12.7. The Morgan fingerprint density at radius 1 is 1.06 bits per heavy atom. The van der Waals surface area contributed by atoms with Gasteiger partial charge < -0.3 is 26.2 Å². The number of aliphatic carboxylic acids is 1. The van der Waals surface area contributed by atoms with Gasteiger partial charge in [0, 0.05) is 17.0 Å². The molecule has 1 aliphatic heterocycles. The maximum Gasteiger partial charge on any atom is 0.394 e. The third-order valence-corrected chi connectivity index (χ3v) is 6.52. The number of carboxylic acid groups (broad SMARTS) is 2. The number of carboxylic acids is 2. The summed E-state index contributed by atoms with van der Waals surface area (Å²) in [7, 11) is 0. The van der Waals surface area contributed by atoms with Crippen molar-refractivity contribution in [3.05, 3.63) is 64.0 Å². The van der Waals surface area contributed by atoms with Crippen molar-refractivity contribution < 1.29 is 29.4 Å². The largest absolute Gasteiger partial charge is 0.478 e. The van der Waals surface area contributed by atoms with E-state index in [-0.39, 0.29) is 29.1 Å². The zero-order valence-corrected chi connectivity index (χ0v) is 17.5. The molecule has 32 heavy (non-hydrogen) atoms. The molecule has 1 atom stereocenters. The predicted octanol–water partition coefficient (Wildman–Crippen LogP) is 2.24. The molecule has 0 aliphatic carbocycles. The van der Waals surface area contributed by atoms with Gasteiger partial charge in [0.25, 0.3) is 5.91 Å². The van der Waals surface area contributed by atoms with Crippen LogP contribution in [0.1, 0.15) is 37.2 Å². The quantitative estimate of drug-likeness (QED) is 0.373. The Bertz CT molecular complexity index is 1250. The average molecular weight is 453 g/mol. The summed E-state index contributed by atoms with van der Waals surface area (Å²) in [4.78, 5) is 47.8. The summed E-state index contributed by atoms with van der Waals surface area (Å²) >= 11 is 1.00. The SMILES string of the molecule is O=C(O)C(=O)Nc1sc2c(c1C(=O)O)CCNC2CNC(=O)c1cccc2ccccc12. The number of amides is 2. The average Bonchev–Trinajstić information content (AvgIpc) is 3.15. The highest BCUT2D eigenvalue weighted by Crippen LogP contribution is 2.39. The summed E-state index contributed by atoms with van der Waals surface area (Å²) in [6.07, 6.45) is 0.407. The van der Waals surface area contributed by atoms with Gasteiger partial charge >= 0.3 is 17.8 Å². The van der Waals surface area contributed by atoms with Gasteiger partial charge in [-0.2, -0.15) is 0 Å². The number of nitrogens with one attached hydrogen (secondary N) is 3. The van der Waals surface area contributed by atoms with Gasteiger partial charge in [0.1, 0.15) is 5.00 Å². The van der Waals surface area contributed by atoms with Crippen LogP contribution < -0.4 is 16.0 Å². The number of benzene rings is 2. The van der Waals surface area contributed by atoms with Crippen LogP contribution in [-0.2, 0) is 16.0 Å². The Morgan fingerprint density at radius 2 is 1.81 bits per heavy atom. The number of anilines is 1. The first-order chi connectivity index (χ1) is 15.4. The summed E-state index contributed by atoms with van der Waals surface area (Å²) < 4.78 is 0. The molecule has 1 aromatic heterocycles. The lowest BCUT2D eigenvalue weighted by Crippen LogP contribution is -2.38. The number of rotatable bonds is 5. The highest BCUT2D eigenvalue weighted by Gasteiger charge is 2.31. The molecule has 10 heteroatoms. The van der Waals surface area contributed by atoms with Crippen molar-refractivity contribution in [2.24, 2.45) is 0 Å². The lowest BCUT2D eigenvalue weighted by Gasteiger charge is -2.24. The van der Waals surface area contributed by atoms with Crippen molar-refractivity contribution in [2.75, 3.05) is 18.4 Å². The first-order valence-electron chi connectivity index (χ1n) is 9.79. The predicted molar refractivity (Wildman–Crippen MR) is 118 cm³/mol. The Morgan fingerprint density at radius 3 is 2.56 bits per heavy atom. The maximum atomic E-state index is 12.9. The first kappa shape index (κ1) is 21.5. The van der Waals surface area contributed by atoms with Crippen LogP contribution in [0.25, 0.3) is 10.8 Å². The number of hydrogen-bond acceptors (Lipinski definition) is 6. The maximum absolute atomic E-state index is 12.9. The van der Waals surface area contributed by atoms with Gasteiger partial charge in [-0.15, -0.1) is 11.3 Å². The summed E-state index contributed by atoms with van der Waals surface area (Å²) in [5, 5.41) is 28.5. The minimum Gasteiger partial charge on any atom is -0.478 e. The van der Waals surface area contributed by atoms with E-state index in [1.165, 1.54) is 0 Å². The third kappa shape index (κ3) is 4.05. The number of fused-ring (bicyclic) bond motifs is 2. The van der Waals surface area contributed by atoms with Crippen LogP contribution in [0.3, 0.4) is 0 Å². The Labute approximate surface area is 186 Å². The minimum absolute atomic E-state index is 0.0241. The van der Waals surface area contributed by atoms with Crippen LogP contribution in [0.5, 0.6) is 0 Å². The molecular weight excluding hydrogens is 434 g/mol. The number of carbonyl (C=O) groups excluding carboxylic acids is 2. The van der Waals surface area contributed by atoms with Crippen molar-refractivity contribution in [1.29, 1.82) is 0 Å². The molecule has 164 valence electrons. The van der Waals surface area contributed by atoms with Crippen LogP contribution in [0.15, 0.2) is 42.5 Å². The zero-order chi connectivity index (χ0) is 22.8. The molecule has 2 heterocycles. The summed E-state index contributed by atoms with van der Waals surface area (Å²) in [5.41, 5.74) is 0.962. The van der Waals surface area contributed by atoms with E-state index in [0.717, 1.165) is 22.1 Å². The smallest absolute Gasteiger partial charge is 0.394 e. The first-order valence-corrected chi connectivity index (χ1v) is 10.6. The highest BCUT2D eigenvalue weighted by atomic mass is 32.1. The Kier molecular flexibility index (Phi) is 5.89. The van der Waals surface area contributed by atoms with Crippen LogP contribution >= 0.6 is 11.3 Å². The van der Waals surface area contributed by atoms with E-state index < -0.39 is 17.8 Å². The molecule has 0 bridgehead atoms. The fourth-order valence-corrected chi connectivity index (χ4v) is 5.14. The molecule has 0 saturated heterocycles. The molecular formula is C22H19N3O6S. The number of aromatic carboxylic acids is 1. The van der Waals surface area contributed by atoms with Gasteiger partial charge in [-0.25, -0.2) is 9.59 Å². The van der Waals surface area contributed by atoms with Crippen LogP contribution in [0.4, 0.5) is 5.00 Å². The molecule has 5 N–H and O–H groups in total. The van der Waals surface area contributed by atoms with E-state index in [9.17, 15) is 24.3 Å². The van der Waals surface area contributed by atoms with Gasteiger partial charge in [0.05, 0.1) is 11.6 Å². The second-order valence-corrected chi connectivity index (χ2v) is 8.26. The van der Waals surface area contributed by atoms with E-state index in [1.54, 1.807) is 6.07 Å². The Balaban J connectivity index is 1.58. The van der Waals surface area contributed by atoms with Crippen LogP contribution in [-0.4, -0.2) is 47.1 Å². The fraction of sp³-hybridized carbons (Fsp3) is 0.182. The minimum atomic E-state index is -1.70. The molecule has 1 unspecified atom stereocenters. The highest BCUT2D eigenvalue weighted by molar-refractivity contribution is 7.17. The van der Waals surface area contributed by atoms with Crippen molar-refractivity contribution in [3.63, 3.8) is 0 Å². The van der Waals surface area contributed by atoms with Gasteiger partial charge in [-0.3, -0.25) is 9.59 Å². The topological polar surface area (TPSA) is 145 Å². The van der Waals surface area contributed by atoms with E-state index in [2.05, 4.69) is 16.0 Å². The van der Waals surface area contributed by atoms with Gasteiger partial charge in [-0.05, 0) is 35.4 Å². The molecule has 4 rings (SSSR count). The molecule has 9 nitrogen and oxygen atoms in total. The van der Waals surface area contributed by atoms with Gasteiger partial charge in [0.15, 0.2) is 0 Å². The zero-order valence-electron chi connectivity index (χ0n) is 16.7. The van der Waals surface area contributed by atoms with Crippen molar-refractivity contribution in [3.8, 4) is 0 Å². The van der Waals surface area contributed by atoms with Crippen molar-refractivity contribution in [2.45, 2.75) is 12.5 Å². The number of thiophene rings is 1. The standard InChI is InChI=1S/C22H19N3O6S/c26-18(13-7-3-5-11-4-1-2-6-12(11)13)24-10-15-17-14(8-9-23-15)16(21(28)29)20(32-17)25-19(27)22(30)31/h1-7,15,23H,8-10H2,(H,24,26)(H,25,27)(H,28,29)(H,30,31). The molecule has 0 radical (unpaired) electrons. The molecule has 2 aromatic carbocycles. The van der Waals surface area contributed by atoms with Gasteiger partial charge in [0.2, 0.25) is 0 Å². The van der Waals surface area contributed by atoms with Crippen LogP contribution in [0.2, 0.25) is 0 Å². The Hall–Kier alpha value is -3.76. The molecule has 2 amide bonds. The third-order valence-electron chi connectivity index (χ3n) is 5.26. The van der Waals surface area contributed by atoms with E-state index in [0.29, 0.717) is 29.0 Å². The van der Waals surface area contributed by atoms with Crippen LogP contribution in [0, 0.1) is 0 Å². The normalized spacial score (nSPS) is 15.1. The lowest BCUT2D eigenvalue weighted by molar-refractivity contribution is -0.147. The molecule has 0 saturated carbocycles. The lowest BCUT2D eigenvalue weighted by atomic mass is 9.99. The van der Waals surface area contributed by atoms with E-state index in [1.807, 2.05) is 36.4 Å².